The molecule has 1 heterocycles. The van der Waals surface area contributed by atoms with Crippen LogP contribution in [0.25, 0.3) is 6.08 Å². The van der Waals surface area contributed by atoms with Gasteiger partial charge in [-0.2, -0.15) is 0 Å². The second kappa shape index (κ2) is 22.0. The summed E-state index contributed by atoms with van der Waals surface area (Å²) in [6.45, 7) is 6.03. The lowest BCUT2D eigenvalue weighted by Crippen LogP contribution is -2.33. The third-order valence-electron chi connectivity index (χ3n) is 10.1. The summed E-state index contributed by atoms with van der Waals surface area (Å²) in [5.74, 6) is 1.58. The van der Waals surface area contributed by atoms with Crippen molar-refractivity contribution in [3.8, 4) is 11.5 Å². The maximum Gasteiger partial charge on any atom is 0.333 e. The van der Waals surface area contributed by atoms with Crippen molar-refractivity contribution in [2.45, 2.75) is 129 Å². The molecule has 0 spiro atoms. The topological polar surface area (TPSA) is 57.2 Å². The summed E-state index contributed by atoms with van der Waals surface area (Å²) in [6, 6.07) is 14.7. The van der Waals surface area contributed by atoms with Gasteiger partial charge in [-0.25, -0.2) is 4.79 Å². The first-order valence-electron chi connectivity index (χ1n) is 19.1. The number of ether oxygens (including phenoxy) is 4. The van der Waals surface area contributed by atoms with Crippen molar-refractivity contribution in [3.63, 3.8) is 0 Å². The van der Waals surface area contributed by atoms with Crippen molar-refractivity contribution >= 4 is 12.0 Å². The molecule has 1 unspecified atom stereocenters. The Morgan fingerprint density at radius 1 is 0.771 bits per heavy atom. The van der Waals surface area contributed by atoms with Crippen molar-refractivity contribution in [2.24, 2.45) is 5.92 Å². The van der Waals surface area contributed by atoms with Crippen molar-refractivity contribution in [3.05, 3.63) is 64.7 Å². The van der Waals surface area contributed by atoms with Crippen LogP contribution >= 0.6 is 0 Å². The summed E-state index contributed by atoms with van der Waals surface area (Å²) in [5.41, 5.74) is 4.52. The van der Waals surface area contributed by atoms with Crippen molar-refractivity contribution in [2.75, 3.05) is 40.5 Å². The molecule has 48 heavy (non-hydrogen) atoms. The van der Waals surface area contributed by atoms with E-state index in [0.717, 1.165) is 68.4 Å². The Balaban J connectivity index is 1.16. The highest BCUT2D eigenvalue weighted by Gasteiger charge is 2.33. The molecule has 6 heteroatoms. The maximum absolute atomic E-state index is 13.1. The van der Waals surface area contributed by atoms with Crippen LogP contribution in [0.1, 0.15) is 139 Å². The van der Waals surface area contributed by atoms with Gasteiger partial charge in [0, 0.05) is 18.7 Å². The lowest BCUT2D eigenvalue weighted by Gasteiger charge is -2.33. The van der Waals surface area contributed by atoms with Gasteiger partial charge in [-0.15, -0.1) is 0 Å². The second-order valence-corrected chi connectivity index (χ2v) is 14.0. The van der Waals surface area contributed by atoms with Gasteiger partial charge in [0.15, 0.2) is 11.5 Å². The molecule has 0 saturated carbocycles. The highest BCUT2D eigenvalue weighted by atomic mass is 16.6. The van der Waals surface area contributed by atoms with Gasteiger partial charge < -0.3 is 18.9 Å². The zero-order valence-corrected chi connectivity index (χ0v) is 30.3. The van der Waals surface area contributed by atoms with Crippen LogP contribution in [0.2, 0.25) is 0 Å². The Morgan fingerprint density at radius 2 is 1.35 bits per heavy atom. The quantitative estimate of drug-likeness (QED) is 0.0824. The van der Waals surface area contributed by atoms with E-state index in [-0.39, 0.29) is 12.6 Å². The number of piperidine rings is 1. The van der Waals surface area contributed by atoms with Gasteiger partial charge >= 0.3 is 5.97 Å². The molecule has 1 aliphatic carbocycles. The zero-order chi connectivity index (χ0) is 33.8. The van der Waals surface area contributed by atoms with Crippen LogP contribution in [0.15, 0.2) is 48.0 Å². The van der Waals surface area contributed by atoms with Gasteiger partial charge in [0.05, 0.1) is 14.2 Å². The molecule has 2 aliphatic rings. The van der Waals surface area contributed by atoms with Crippen LogP contribution in [0.5, 0.6) is 11.5 Å². The predicted octanol–water partition coefficient (Wildman–Crippen LogP) is 10.5. The summed E-state index contributed by atoms with van der Waals surface area (Å²) < 4.78 is 23.1. The fourth-order valence-electron chi connectivity index (χ4n) is 7.29. The summed E-state index contributed by atoms with van der Waals surface area (Å²) in [7, 11) is 3.29. The van der Waals surface area contributed by atoms with Gasteiger partial charge in [0.25, 0.3) is 0 Å². The number of fused-ring (bicyclic) bond motifs is 1. The second-order valence-electron chi connectivity index (χ2n) is 14.0. The lowest BCUT2D eigenvalue weighted by atomic mass is 9.88. The summed E-state index contributed by atoms with van der Waals surface area (Å²) in [6.07, 6.45) is 23.5. The van der Waals surface area contributed by atoms with Crippen LogP contribution in [0.4, 0.5) is 0 Å². The third-order valence-corrected chi connectivity index (χ3v) is 10.1. The molecular weight excluding hydrogens is 598 g/mol. The first kappa shape index (κ1) is 38.0. The van der Waals surface area contributed by atoms with E-state index in [1.807, 2.05) is 12.1 Å². The van der Waals surface area contributed by atoms with E-state index in [2.05, 4.69) is 48.2 Å². The van der Waals surface area contributed by atoms with Gasteiger partial charge in [-0.3, -0.25) is 4.90 Å². The predicted molar refractivity (Wildman–Crippen MR) is 197 cm³/mol. The number of esters is 1. The number of likely N-dealkylation sites (tertiary alicyclic amines) is 1. The third kappa shape index (κ3) is 12.9. The van der Waals surface area contributed by atoms with Gasteiger partial charge in [-0.05, 0) is 73.5 Å². The van der Waals surface area contributed by atoms with Crippen LogP contribution < -0.4 is 9.47 Å². The minimum atomic E-state index is -0.417. The average Bonchev–Trinajstić information content (AvgIpc) is 3.43. The number of carbonyl (C=O) groups is 1. The number of hydrogen-bond donors (Lipinski definition) is 0. The van der Waals surface area contributed by atoms with Gasteiger partial charge in [-0.1, -0.05) is 127 Å². The van der Waals surface area contributed by atoms with Crippen molar-refractivity contribution in [1.29, 1.82) is 0 Å². The Kier molecular flexibility index (Phi) is 17.4. The number of rotatable bonds is 24. The minimum Gasteiger partial charge on any atom is -0.493 e. The maximum atomic E-state index is 13.1. The Hall–Kier alpha value is -2.83. The molecular formula is C42H63NO5. The zero-order valence-electron chi connectivity index (χ0n) is 30.3. The highest BCUT2D eigenvalue weighted by Crippen LogP contribution is 2.45. The average molecular weight is 662 g/mol. The Morgan fingerprint density at radius 3 is 1.96 bits per heavy atom. The molecule has 266 valence electrons. The van der Waals surface area contributed by atoms with E-state index in [0.29, 0.717) is 24.0 Å². The lowest BCUT2D eigenvalue weighted by molar-refractivity contribution is -0.153. The van der Waals surface area contributed by atoms with E-state index < -0.39 is 6.10 Å². The molecule has 0 N–H and O–H groups in total. The molecule has 0 amide bonds. The Bertz CT molecular complexity index is 1220. The number of unbranched alkanes of at least 4 members (excludes halogenated alkanes) is 13. The molecule has 6 nitrogen and oxygen atoms in total. The largest absolute Gasteiger partial charge is 0.493 e. The molecule has 1 saturated heterocycles. The monoisotopic (exact) mass is 661 g/mol. The number of methoxy groups -OCH3 is 2. The molecule has 1 fully saturated rings. The number of carbonyl (C=O) groups excluding carboxylic acids is 1. The normalized spacial score (nSPS) is 16.5. The van der Waals surface area contributed by atoms with Crippen LogP contribution in [-0.2, 0) is 20.8 Å². The van der Waals surface area contributed by atoms with Crippen molar-refractivity contribution < 1.29 is 23.7 Å². The minimum absolute atomic E-state index is 0.0112. The van der Waals surface area contributed by atoms with Crippen LogP contribution in [0, 0.1) is 5.92 Å². The smallest absolute Gasteiger partial charge is 0.333 e. The molecule has 1 atom stereocenters. The van der Waals surface area contributed by atoms with Crippen molar-refractivity contribution in [1.82, 2.24) is 4.90 Å². The molecule has 0 aromatic heterocycles. The number of benzene rings is 2. The van der Waals surface area contributed by atoms with Gasteiger partial charge in [0.1, 0.15) is 12.7 Å². The van der Waals surface area contributed by atoms with E-state index in [4.69, 9.17) is 18.9 Å². The van der Waals surface area contributed by atoms with Gasteiger partial charge in [0.2, 0.25) is 0 Å². The molecule has 0 bridgehead atoms. The van der Waals surface area contributed by atoms with E-state index >= 15 is 0 Å². The first-order valence-corrected chi connectivity index (χ1v) is 19.1. The number of hydrogen-bond acceptors (Lipinski definition) is 6. The summed E-state index contributed by atoms with van der Waals surface area (Å²) >= 11 is 0. The van der Waals surface area contributed by atoms with E-state index in [1.54, 1.807) is 14.2 Å². The van der Waals surface area contributed by atoms with E-state index in [9.17, 15) is 4.79 Å². The number of nitrogens with zero attached hydrogens (tertiary/aromatic N) is 1. The fourth-order valence-corrected chi connectivity index (χ4v) is 7.29. The standard InChI is InChI=1S/C42H63NO5/c1-4-5-6-7-8-9-10-11-12-13-14-15-16-20-27-47-33-41(44)48-42-37(29-36-30-39(45-2)40(46-3)31-38(36)42)28-34-23-25-43(26-24-34)32-35-21-18-17-19-22-35/h17-19,21-22,29-31,34,42H,4-16,20,23-28,32-33H2,1-3H3. The SMILES string of the molecule is CCCCCCCCCCCCCCCCOCC(=O)OC1C(CC2CCN(Cc3ccccc3)CC2)=Cc2cc(OC)c(OC)cc21. The molecule has 2 aromatic carbocycles. The Labute approximate surface area is 291 Å². The fraction of sp³-hybridized carbons (Fsp3) is 0.643. The first-order chi connectivity index (χ1) is 23.6. The molecule has 0 radical (unpaired) electrons. The highest BCUT2D eigenvalue weighted by molar-refractivity contribution is 5.75. The molecule has 4 rings (SSSR count). The summed E-state index contributed by atoms with van der Waals surface area (Å²) in [5, 5.41) is 0. The molecule has 1 aliphatic heterocycles. The summed E-state index contributed by atoms with van der Waals surface area (Å²) in [4.78, 5) is 15.6. The molecule has 2 aromatic rings. The van der Waals surface area contributed by atoms with Crippen LogP contribution in [0.3, 0.4) is 0 Å². The van der Waals surface area contributed by atoms with Crippen LogP contribution in [-0.4, -0.2) is 51.4 Å². The van der Waals surface area contributed by atoms with E-state index in [1.165, 1.54) is 82.6 Å².